The maximum absolute atomic E-state index is 13.2. The molecule has 0 bridgehead atoms. The lowest BCUT2D eigenvalue weighted by atomic mass is 10.2. The van der Waals surface area contributed by atoms with E-state index in [9.17, 15) is 9.18 Å². The van der Waals surface area contributed by atoms with E-state index in [4.69, 9.17) is 10.5 Å². The van der Waals surface area contributed by atoms with Gasteiger partial charge in [0.1, 0.15) is 11.6 Å². The molecule has 0 unspecified atom stereocenters. The number of carbonyl (C=O) groups excluding carboxylic acids is 1. The Morgan fingerprint density at radius 2 is 2.21 bits per heavy atom. The number of hydrogen-bond donors (Lipinski definition) is 2. The third kappa shape index (κ3) is 2.98. The predicted octanol–water partition coefficient (Wildman–Crippen LogP) is 2.06. The number of methoxy groups -OCH3 is 1. The van der Waals surface area contributed by atoms with Crippen LogP contribution in [0.15, 0.2) is 36.7 Å². The van der Waals surface area contributed by atoms with E-state index in [1.165, 1.54) is 43.8 Å². The van der Waals surface area contributed by atoms with Gasteiger partial charge < -0.3 is 15.8 Å². The van der Waals surface area contributed by atoms with Crippen molar-refractivity contribution in [2.45, 2.75) is 0 Å². The van der Waals surface area contributed by atoms with E-state index in [1.54, 1.807) is 0 Å². The van der Waals surface area contributed by atoms with Crippen LogP contribution in [-0.4, -0.2) is 18.0 Å². The number of nitrogens with two attached hydrogens (primary N) is 1. The lowest BCUT2D eigenvalue weighted by Gasteiger charge is -2.09. The quantitative estimate of drug-likeness (QED) is 0.829. The fourth-order valence-electron chi connectivity index (χ4n) is 1.61. The van der Waals surface area contributed by atoms with Crippen molar-refractivity contribution in [2.24, 2.45) is 0 Å². The molecule has 0 atom stereocenters. The van der Waals surface area contributed by atoms with Crippen LogP contribution in [0.1, 0.15) is 10.4 Å². The maximum Gasteiger partial charge on any atom is 0.259 e. The van der Waals surface area contributed by atoms with Crippen molar-refractivity contribution >= 4 is 17.3 Å². The summed E-state index contributed by atoms with van der Waals surface area (Å²) in [5, 5.41) is 2.55. The van der Waals surface area contributed by atoms with Gasteiger partial charge in [0.15, 0.2) is 0 Å². The molecule has 0 saturated carbocycles. The Morgan fingerprint density at radius 1 is 1.42 bits per heavy atom. The molecule has 0 aliphatic rings. The summed E-state index contributed by atoms with van der Waals surface area (Å²) < 4.78 is 18.2. The van der Waals surface area contributed by atoms with Gasteiger partial charge in [-0.3, -0.25) is 9.78 Å². The zero-order chi connectivity index (χ0) is 13.8. The second kappa shape index (κ2) is 5.34. The highest BCUT2D eigenvalue weighted by atomic mass is 19.1. The lowest BCUT2D eigenvalue weighted by molar-refractivity contribution is 0.102. The third-order valence-electron chi connectivity index (χ3n) is 2.43. The zero-order valence-corrected chi connectivity index (χ0v) is 10.2. The number of benzene rings is 1. The van der Waals surface area contributed by atoms with Crippen molar-refractivity contribution in [1.82, 2.24) is 4.98 Å². The third-order valence-corrected chi connectivity index (χ3v) is 2.43. The van der Waals surface area contributed by atoms with Gasteiger partial charge in [-0.1, -0.05) is 0 Å². The Morgan fingerprint density at radius 3 is 2.89 bits per heavy atom. The highest BCUT2D eigenvalue weighted by Crippen LogP contribution is 2.20. The number of anilines is 2. The van der Waals surface area contributed by atoms with E-state index in [-0.39, 0.29) is 11.4 Å². The number of nitrogen functional groups attached to an aromatic ring is 1. The van der Waals surface area contributed by atoms with Crippen LogP contribution in [0.3, 0.4) is 0 Å². The molecule has 1 aromatic carbocycles. The van der Waals surface area contributed by atoms with Gasteiger partial charge in [0.2, 0.25) is 0 Å². The minimum Gasteiger partial charge on any atom is -0.494 e. The number of rotatable bonds is 3. The van der Waals surface area contributed by atoms with Crippen molar-refractivity contribution in [3.05, 3.63) is 48.0 Å². The van der Waals surface area contributed by atoms with Crippen LogP contribution in [0.5, 0.6) is 5.75 Å². The number of amides is 1. The zero-order valence-electron chi connectivity index (χ0n) is 10.2. The smallest absolute Gasteiger partial charge is 0.259 e. The topological polar surface area (TPSA) is 77.2 Å². The molecule has 0 saturated heterocycles. The normalized spacial score (nSPS) is 10.0. The second-order valence-corrected chi connectivity index (χ2v) is 3.80. The average molecular weight is 261 g/mol. The molecular weight excluding hydrogens is 249 g/mol. The van der Waals surface area contributed by atoms with Crippen molar-refractivity contribution in [1.29, 1.82) is 0 Å². The maximum atomic E-state index is 13.2. The number of nitrogens with one attached hydrogen (secondary N) is 1. The van der Waals surface area contributed by atoms with Crippen molar-refractivity contribution < 1.29 is 13.9 Å². The first-order chi connectivity index (χ1) is 9.10. The summed E-state index contributed by atoms with van der Waals surface area (Å²) in [6.45, 7) is 0. The summed E-state index contributed by atoms with van der Waals surface area (Å²) in [5.74, 6) is -0.606. The number of aromatic nitrogens is 1. The van der Waals surface area contributed by atoms with Gasteiger partial charge in [-0.25, -0.2) is 4.39 Å². The van der Waals surface area contributed by atoms with Crippen molar-refractivity contribution in [3.63, 3.8) is 0 Å². The molecule has 0 aliphatic carbocycles. The Hall–Kier alpha value is -2.63. The second-order valence-electron chi connectivity index (χ2n) is 3.80. The lowest BCUT2D eigenvalue weighted by Crippen LogP contribution is -2.13. The molecule has 3 N–H and O–H groups in total. The summed E-state index contributed by atoms with van der Waals surface area (Å²) in [7, 11) is 1.44. The molecule has 6 heteroatoms. The Kier molecular flexibility index (Phi) is 3.61. The van der Waals surface area contributed by atoms with Gasteiger partial charge in [0.05, 0.1) is 18.9 Å². The summed E-state index contributed by atoms with van der Waals surface area (Å²) >= 11 is 0. The standard InChI is InChI=1S/C13H12FN3O2/c1-19-12-7-16-3-2-11(12)13(18)17-10-5-8(14)4-9(15)6-10/h2-7H,15H2,1H3,(H,17,18). The number of ether oxygens (including phenoxy) is 1. The summed E-state index contributed by atoms with van der Waals surface area (Å²) in [4.78, 5) is 15.9. The molecule has 5 nitrogen and oxygen atoms in total. The minimum absolute atomic E-state index is 0.233. The van der Waals surface area contributed by atoms with Crippen LogP contribution in [0.25, 0.3) is 0 Å². The highest BCUT2D eigenvalue weighted by Gasteiger charge is 2.12. The molecule has 1 aromatic heterocycles. The first-order valence-electron chi connectivity index (χ1n) is 5.45. The molecule has 2 aromatic rings. The van der Waals surface area contributed by atoms with Crippen LogP contribution in [0.2, 0.25) is 0 Å². The number of halogens is 1. The molecule has 98 valence electrons. The molecule has 1 heterocycles. The number of hydrogen-bond acceptors (Lipinski definition) is 4. The first kappa shape index (κ1) is 12.8. The molecular formula is C13H12FN3O2. The minimum atomic E-state index is -0.517. The van der Waals surface area contributed by atoms with Crippen molar-refractivity contribution in [2.75, 3.05) is 18.2 Å². The van der Waals surface area contributed by atoms with Gasteiger partial charge in [0.25, 0.3) is 5.91 Å². The monoisotopic (exact) mass is 261 g/mol. The Bertz CT molecular complexity index is 596. The van der Waals surface area contributed by atoms with Gasteiger partial charge in [0, 0.05) is 17.6 Å². The Balaban J connectivity index is 2.25. The number of carbonyl (C=O) groups is 1. The Labute approximate surface area is 109 Å². The van der Waals surface area contributed by atoms with Crippen LogP contribution >= 0.6 is 0 Å². The van der Waals surface area contributed by atoms with Crippen LogP contribution in [0.4, 0.5) is 15.8 Å². The predicted molar refractivity (Wildman–Crippen MR) is 69.6 cm³/mol. The fourth-order valence-corrected chi connectivity index (χ4v) is 1.61. The highest BCUT2D eigenvalue weighted by molar-refractivity contribution is 6.06. The summed E-state index contributed by atoms with van der Waals surface area (Å²) in [5.41, 5.74) is 6.32. The number of nitrogens with zero attached hydrogens (tertiary/aromatic N) is 1. The summed E-state index contributed by atoms with van der Waals surface area (Å²) in [6.07, 6.45) is 2.90. The van der Waals surface area contributed by atoms with E-state index in [1.807, 2.05) is 0 Å². The van der Waals surface area contributed by atoms with Crippen LogP contribution in [-0.2, 0) is 0 Å². The SMILES string of the molecule is COc1cnccc1C(=O)Nc1cc(N)cc(F)c1. The van der Waals surface area contributed by atoms with Crippen LogP contribution in [0, 0.1) is 5.82 Å². The van der Waals surface area contributed by atoms with E-state index >= 15 is 0 Å². The van der Waals surface area contributed by atoms with Gasteiger partial charge in [-0.15, -0.1) is 0 Å². The molecule has 0 spiro atoms. The summed E-state index contributed by atoms with van der Waals surface area (Å²) in [6, 6.07) is 5.33. The van der Waals surface area contributed by atoms with Gasteiger partial charge in [-0.05, 0) is 24.3 Å². The van der Waals surface area contributed by atoms with E-state index in [2.05, 4.69) is 10.3 Å². The van der Waals surface area contributed by atoms with Crippen molar-refractivity contribution in [3.8, 4) is 5.75 Å². The molecule has 19 heavy (non-hydrogen) atoms. The van der Waals surface area contributed by atoms with Crippen LogP contribution < -0.4 is 15.8 Å². The van der Waals surface area contributed by atoms with E-state index in [0.717, 1.165) is 0 Å². The molecule has 1 amide bonds. The number of pyridine rings is 1. The fraction of sp³-hybridized carbons (Fsp3) is 0.0769. The molecule has 0 aliphatic heterocycles. The average Bonchev–Trinajstić information content (AvgIpc) is 2.37. The molecule has 2 rings (SSSR count). The van der Waals surface area contributed by atoms with E-state index < -0.39 is 11.7 Å². The van der Waals surface area contributed by atoms with Gasteiger partial charge >= 0.3 is 0 Å². The molecule has 0 fully saturated rings. The first-order valence-corrected chi connectivity index (χ1v) is 5.45. The van der Waals surface area contributed by atoms with Gasteiger partial charge in [-0.2, -0.15) is 0 Å². The van der Waals surface area contributed by atoms with E-state index in [0.29, 0.717) is 11.3 Å². The largest absolute Gasteiger partial charge is 0.494 e. The molecule has 0 radical (unpaired) electrons.